The topological polar surface area (TPSA) is 21.3 Å². The second kappa shape index (κ2) is 10.1. The molecule has 1 N–H and O–H groups in total. The van der Waals surface area contributed by atoms with Crippen molar-refractivity contribution in [1.29, 1.82) is 0 Å². The van der Waals surface area contributed by atoms with E-state index in [2.05, 4.69) is 104 Å². The highest BCUT2D eigenvalue weighted by atomic mass is 16.5. The first-order chi connectivity index (χ1) is 15.3. The van der Waals surface area contributed by atoms with Crippen molar-refractivity contribution < 1.29 is 4.74 Å². The van der Waals surface area contributed by atoms with Gasteiger partial charge in [0.05, 0.1) is 12.0 Å². The van der Waals surface area contributed by atoms with Crippen molar-refractivity contribution in [3.63, 3.8) is 0 Å². The highest BCUT2D eigenvalue weighted by Crippen LogP contribution is 2.44. The van der Waals surface area contributed by atoms with Crippen LogP contribution in [0.1, 0.15) is 41.7 Å². The van der Waals surface area contributed by atoms with Gasteiger partial charge in [-0.15, -0.1) is 0 Å². The average molecular weight is 412 g/mol. The largest absolute Gasteiger partial charge is 0.380 e. The van der Waals surface area contributed by atoms with Gasteiger partial charge in [0.1, 0.15) is 0 Å². The monoisotopic (exact) mass is 411 g/mol. The van der Waals surface area contributed by atoms with Crippen molar-refractivity contribution >= 4 is 5.57 Å². The Hall–Kier alpha value is -2.68. The van der Waals surface area contributed by atoms with Gasteiger partial charge in [0, 0.05) is 13.2 Å². The fraction of sp³-hybridized carbons (Fsp3) is 0.310. The number of likely N-dealkylation sites (N-methyl/N-ethyl adjacent to an activating group) is 1. The number of allylic oxidation sites excluding steroid dienone is 1. The summed E-state index contributed by atoms with van der Waals surface area (Å²) in [5.41, 5.74) is 8.23. The molecule has 2 nitrogen and oxygen atoms in total. The van der Waals surface area contributed by atoms with E-state index in [-0.39, 0.29) is 5.41 Å². The molecule has 0 spiro atoms. The lowest BCUT2D eigenvalue weighted by molar-refractivity contribution is 0.109. The minimum absolute atomic E-state index is 0.127. The third-order valence-corrected chi connectivity index (χ3v) is 6.19. The van der Waals surface area contributed by atoms with Crippen LogP contribution in [0, 0.1) is 0 Å². The van der Waals surface area contributed by atoms with Crippen LogP contribution in [0.2, 0.25) is 0 Å². The highest BCUT2D eigenvalue weighted by Gasteiger charge is 2.39. The molecule has 3 aromatic carbocycles. The van der Waals surface area contributed by atoms with Crippen molar-refractivity contribution in [2.45, 2.75) is 32.1 Å². The third-order valence-electron chi connectivity index (χ3n) is 6.19. The Morgan fingerprint density at radius 1 is 0.774 bits per heavy atom. The molecule has 0 saturated carbocycles. The predicted molar refractivity (Wildman–Crippen MR) is 131 cm³/mol. The van der Waals surface area contributed by atoms with Crippen molar-refractivity contribution in [3.8, 4) is 0 Å². The molecular weight excluding hydrogens is 378 g/mol. The minimum Gasteiger partial charge on any atom is -0.380 e. The second-order valence-electron chi connectivity index (χ2n) is 8.41. The molecule has 0 heterocycles. The SMILES string of the molecule is CCNCC1(COCC)C=C(Cc2ccccc2)c2c(Cc3ccccc3)cccc21. The van der Waals surface area contributed by atoms with Crippen LogP contribution < -0.4 is 5.32 Å². The maximum absolute atomic E-state index is 6.05. The molecule has 4 rings (SSSR count). The Balaban J connectivity index is 1.80. The predicted octanol–water partition coefficient (Wildman–Crippen LogP) is 5.80. The van der Waals surface area contributed by atoms with Crippen LogP contribution in [0.3, 0.4) is 0 Å². The summed E-state index contributed by atoms with van der Waals surface area (Å²) in [6.45, 7) is 7.53. The summed E-state index contributed by atoms with van der Waals surface area (Å²) in [7, 11) is 0. The number of benzene rings is 3. The van der Waals surface area contributed by atoms with E-state index >= 15 is 0 Å². The lowest BCUT2D eigenvalue weighted by atomic mass is 9.81. The molecule has 3 aromatic rings. The van der Waals surface area contributed by atoms with Gasteiger partial charge in [0.2, 0.25) is 0 Å². The van der Waals surface area contributed by atoms with Crippen LogP contribution in [0.4, 0.5) is 0 Å². The van der Waals surface area contributed by atoms with Gasteiger partial charge < -0.3 is 10.1 Å². The maximum Gasteiger partial charge on any atom is 0.0610 e. The van der Waals surface area contributed by atoms with Crippen LogP contribution in [0.15, 0.2) is 84.9 Å². The van der Waals surface area contributed by atoms with Crippen LogP contribution in [-0.4, -0.2) is 26.3 Å². The summed E-state index contributed by atoms with van der Waals surface area (Å²) in [4.78, 5) is 0. The molecule has 0 bridgehead atoms. The van der Waals surface area contributed by atoms with Crippen molar-refractivity contribution in [3.05, 3.63) is 113 Å². The van der Waals surface area contributed by atoms with E-state index in [0.717, 1.165) is 32.5 Å². The zero-order valence-corrected chi connectivity index (χ0v) is 18.7. The van der Waals surface area contributed by atoms with E-state index < -0.39 is 0 Å². The molecule has 0 fully saturated rings. The van der Waals surface area contributed by atoms with E-state index in [1.54, 1.807) is 0 Å². The average Bonchev–Trinajstić information content (AvgIpc) is 3.12. The normalized spacial score (nSPS) is 17.4. The van der Waals surface area contributed by atoms with E-state index in [9.17, 15) is 0 Å². The summed E-state index contributed by atoms with van der Waals surface area (Å²) < 4.78 is 6.05. The number of hydrogen-bond donors (Lipinski definition) is 1. The zero-order valence-electron chi connectivity index (χ0n) is 18.7. The number of hydrogen-bond acceptors (Lipinski definition) is 2. The van der Waals surface area contributed by atoms with Gasteiger partial charge in [0.15, 0.2) is 0 Å². The summed E-state index contributed by atoms with van der Waals surface area (Å²) in [6, 6.07) is 28.4. The fourth-order valence-electron chi connectivity index (χ4n) is 4.74. The summed E-state index contributed by atoms with van der Waals surface area (Å²) in [5, 5.41) is 3.61. The summed E-state index contributed by atoms with van der Waals surface area (Å²) >= 11 is 0. The lowest BCUT2D eigenvalue weighted by Crippen LogP contribution is -2.39. The molecule has 0 amide bonds. The molecule has 1 aliphatic rings. The van der Waals surface area contributed by atoms with Crippen LogP contribution in [0.5, 0.6) is 0 Å². The quantitative estimate of drug-likeness (QED) is 0.455. The molecule has 0 aromatic heterocycles. The van der Waals surface area contributed by atoms with Crippen molar-refractivity contribution in [1.82, 2.24) is 5.32 Å². The number of fused-ring (bicyclic) bond motifs is 1. The van der Waals surface area contributed by atoms with Crippen molar-refractivity contribution in [2.24, 2.45) is 0 Å². The minimum atomic E-state index is -0.127. The highest BCUT2D eigenvalue weighted by molar-refractivity contribution is 5.80. The maximum atomic E-state index is 6.05. The summed E-state index contributed by atoms with van der Waals surface area (Å²) in [5.74, 6) is 0. The second-order valence-corrected chi connectivity index (χ2v) is 8.41. The van der Waals surface area contributed by atoms with Crippen LogP contribution in [0.25, 0.3) is 5.57 Å². The fourth-order valence-corrected chi connectivity index (χ4v) is 4.74. The molecule has 1 aliphatic carbocycles. The smallest absolute Gasteiger partial charge is 0.0610 e. The Bertz CT molecular complexity index is 999. The van der Waals surface area contributed by atoms with E-state index in [1.807, 2.05) is 0 Å². The number of ether oxygens (including phenoxy) is 1. The molecule has 0 saturated heterocycles. The molecule has 160 valence electrons. The molecule has 1 unspecified atom stereocenters. The molecule has 0 radical (unpaired) electrons. The lowest BCUT2D eigenvalue weighted by Gasteiger charge is -2.29. The zero-order chi connectivity index (χ0) is 21.5. The van der Waals surface area contributed by atoms with Gasteiger partial charge in [-0.05, 0) is 59.7 Å². The molecular formula is C29H33NO. The first-order valence-electron chi connectivity index (χ1n) is 11.5. The van der Waals surface area contributed by atoms with Gasteiger partial charge in [0.25, 0.3) is 0 Å². The van der Waals surface area contributed by atoms with Crippen LogP contribution in [-0.2, 0) is 23.0 Å². The Labute approximate surface area is 187 Å². The Morgan fingerprint density at radius 3 is 2.10 bits per heavy atom. The summed E-state index contributed by atoms with van der Waals surface area (Å²) in [6.07, 6.45) is 4.39. The van der Waals surface area contributed by atoms with Gasteiger partial charge >= 0.3 is 0 Å². The first kappa shape index (κ1) is 21.5. The van der Waals surface area contributed by atoms with Crippen molar-refractivity contribution in [2.75, 3.05) is 26.3 Å². The molecule has 0 aliphatic heterocycles. The Morgan fingerprint density at radius 2 is 1.45 bits per heavy atom. The van der Waals surface area contributed by atoms with Gasteiger partial charge in [-0.3, -0.25) is 0 Å². The van der Waals surface area contributed by atoms with E-state index in [0.29, 0.717) is 6.61 Å². The number of rotatable bonds is 10. The van der Waals surface area contributed by atoms with Gasteiger partial charge in [-0.1, -0.05) is 91.9 Å². The molecule has 1 atom stereocenters. The molecule has 31 heavy (non-hydrogen) atoms. The first-order valence-corrected chi connectivity index (χ1v) is 11.5. The third kappa shape index (κ3) is 4.81. The number of nitrogens with one attached hydrogen (secondary N) is 1. The van der Waals surface area contributed by atoms with Gasteiger partial charge in [-0.2, -0.15) is 0 Å². The van der Waals surface area contributed by atoms with E-state index in [1.165, 1.54) is 33.4 Å². The van der Waals surface area contributed by atoms with Gasteiger partial charge in [-0.25, -0.2) is 0 Å². The van der Waals surface area contributed by atoms with E-state index in [4.69, 9.17) is 4.74 Å². The van der Waals surface area contributed by atoms with Crippen LogP contribution >= 0.6 is 0 Å². The molecule has 2 heteroatoms. The Kier molecular flexibility index (Phi) is 7.01. The standard InChI is InChI=1S/C29H33NO/c1-3-30-21-29(22-31-4-2)20-26(19-24-14-9-6-10-15-24)28-25(16-11-17-27(28)29)18-23-12-7-5-8-13-23/h5-17,20,30H,3-4,18-19,21-22H2,1-2H3.